The highest BCUT2D eigenvalue weighted by molar-refractivity contribution is 6.07. The van der Waals surface area contributed by atoms with Gasteiger partial charge >= 0.3 is 0 Å². The summed E-state index contributed by atoms with van der Waals surface area (Å²) in [5.74, 6) is -0.442. The fourth-order valence-corrected chi connectivity index (χ4v) is 5.09. The third-order valence-corrected chi connectivity index (χ3v) is 7.21. The quantitative estimate of drug-likeness (QED) is 0.488. The number of amides is 2. The van der Waals surface area contributed by atoms with Crippen molar-refractivity contribution >= 4 is 23.2 Å². The molecule has 3 N–H and O–H groups in total. The number of para-hydroxylation sites is 1. The number of hydrogen-bond donors (Lipinski definition) is 3. The molecule has 1 aliphatic heterocycles. The molecule has 1 aliphatic carbocycles. The van der Waals surface area contributed by atoms with Crippen LogP contribution in [0.15, 0.2) is 65.7 Å². The molecule has 2 aliphatic rings. The van der Waals surface area contributed by atoms with Gasteiger partial charge in [-0.3, -0.25) is 14.6 Å². The average Bonchev–Trinajstić information content (AvgIpc) is 3.03. The highest BCUT2D eigenvalue weighted by atomic mass is 16.2. The zero-order valence-corrected chi connectivity index (χ0v) is 21.7. The lowest BCUT2D eigenvalue weighted by atomic mass is 9.89. The van der Waals surface area contributed by atoms with Crippen LogP contribution in [-0.2, 0) is 4.79 Å². The van der Waals surface area contributed by atoms with E-state index in [-0.39, 0.29) is 41.8 Å². The fraction of sp³-hybridized carbons (Fsp3) is 0.400. The van der Waals surface area contributed by atoms with Crippen LogP contribution in [0.1, 0.15) is 67.6 Å². The summed E-state index contributed by atoms with van der Waals surface area (Å²) in [6.07, 6.45) is 5.96. The number of carbonyl (C=O) groups is 2. The first-order valence-corrected chi connectivity index (χ1v) is 13.1. The minimum atomic E-state index is -0.374. The molecule has 0 bridgehead atoms. The largest absolute Gasteiger partial charge is 0.350 e. The van der Waals surface area contributed by atoms with E-state index < -0.39 is 0 Å². The predicted octanol–water partition coefficient (Wildman–Crippen LogP) is 4.78. The Kier molecular flexibility index (Phi) is 8.52. The van der Waals surface area contributed by atoms with Gasteiger partial charge in [0.15, 0.2) is 0 Å². The van der Waals surface area contributed by atoms with E-state index in [0.717, 1.165) is 35.4 Å². The molecule has 1 heterocycles. The molecule has 7 heteroatoms. The summed E-state index contributed by atoms with van der Waals surface area (Å²) < 4.78 is 0. The van der Waals surface area contributed by atoms with Crippen LogP contribution in [0, 0.1) is 23.2 Å². The molecule has 0 fully saturated rings. The van der Waals surface area contributed by atoms with Gasteiger partial charge in [-0.25, -0.2) is 0 Å². The molecule has 0 saturated heterocycles. The van der Waals surface area contributed by atoms with Crippen LogP contribution in [0.25, 0.3) is 0 Å². The number of allylic oxidation sites excluding steroid dienone is 1. The number of benzene rings is 2. The molecule has 37 heavy (non-hydrogen) atoms. The minimum absolute atomic E-state index is 0.000150. The van der Waals surface area contributed by atoms with Crippen LogP contribution >= 0.6 is 0 Å². The maximum atomic E-state index is 12.8. The second-order valence-electron chi connectivity index (χ2n) is 9.78. The average molecular weight is 498 g/mol. The van der Waals surface area contributed by atoms with E-state index in [1.165, 1.54) is 0 Å². The number of aliphatic imine (C=N–C) groups is 1. The first kappa shape index (κ1) is 26.3. The van der Waals surface area contributed by atoms with Gasteiger partial charge in [-0.05, 0) is 55.5 Å². The molecule has 192 valence electrons. The van der Waals surface area contributed by atoms with E-state index in [9.17, 15) is 14.9 Å². The number of nitrogens with zero attached hydrogens (tertiary/aromatic N) is 2. The van der Waals surface area contributed by atoms with Crippen LogP contribution in [0.5, 0.6) is 0 Å². The Morgan fingerprint density at radius 3 is 2.57 bits per heavy atom. The predicted molar refractivity (Wildman–Crippen MR) is 146 cm³/mol. The standard InChI is InChI=1S/C30H35N5O2/c1-4-20(5-2)29(36)34-22-14-15-26(21(16-22)17-31)33-19(3)18-32-28-23-10-6-7-11-24(23)30(37)35-27-13-9-8-12-25(27)28/h6-15,19-22,28,32H,4-5,16,18H2,1-3H3,(H,34,36)(H,35,37). The summed E-state index contributed by atoms with van der Waals surface area (Å²) in [5.41, 5.74) is 4.11. The number of rotatable bonds is 8. The fourth-order valence-electron chi connectivity index (χ4n) is 5.09. The summed E-state index contributed by atoms with van der Waals surface area (Å²) in [4.78, 5) is 30.2. The summed E-state index contributed by atoms with van der Waals surface area (Å²) >= 11 is 0. The first-order chi connectivity index (χ1) is 17.9. The van der Waals surface area contributed by atoms with Crippen LogP contribution < -0.4 is 16.0 Å². The molecule has 4 unspecified atom stereocenters. The van der Waals surface area contributed by atoms with E-state index >= 15 is 0 Å². The molecular weight excluding hydrogens is 462 g/mol. The van der Waals surface area contributed by atoms with Gasteiger partial charge in [-0.2, -0.15) is 5.26 Å². The Morgan fingerprint density at radius 2 is 1.84 bits per heavy atom. The summed E-state index contributed by atoms with van der Waals surface area (Å²) in [7, 11) is 0. The molecular formula is C30H35N5O2. The lowest BCUT2D eigenvalue weighted by Gasteiger charge is -2.26. The zero-order valence-electron chi connectivity index (χ0n) is 21.7. The summed E-state index contributed by atoms with van der Waals surface area (Å²) in [6.45, 7) is 6.61. The number of fused-ring (bicyclic) bond motifs is 2. The van der Waals surface area contributed by atoms with Crippen molar-refractivity contribution in [1.82, 2.24) is 10.6 Å². The van der Waals surface area contributed by atoms with E-state index in [0.29, 0.717) is 18.5 Å². The molecule has 0 aromatic heterocycles. The van der Waals surface area contributed by atoms with Crippen LogP contribution in [-0.4, -0.2) is 36.2 Å². The second kappa shape index (κ2) is 12.0. The molecule has 4 rings (SSSR count). The topological polar surface area (TPSA) is 106 Å². The van der Waals surface area contributed by atoms with Gasteiger partial charge in [0, 0.05) is 29.8 Å². The molecule has 4 atom stereocenters. The zero-order chi connectivity index (χ0) is 26.4. The lowest BCUT2D eigenvalue weighted by Crippen LogP contribution is -2.41. The SMILES string of the molecule is CCC(CC)C(=O)NC1C=CC(=NC(C)CNC2c3ccccc3NC(=O)c3ccccc32)C(C#N)C1. The van der Waals surface area contributed by atoms with E-state index in [2.05, 4.69) is 22.0 Å². The van der Waals surface area contributed by atoms with Crippen molar-refractivity contribution in [2.24, 2.45) is 16.8 Å². The number of nitrogens with one attached hydrogen (secondary N) is 3. The highest BCUT2D eigenvalue weighted by Crippen LogP contribution is 2.34. The summed E-state index contributed by atoms with van der Waals surface area (Å²) in [5, 5.41) is 19.5. The molecule has 7 nitrogen and oxygen atoms in total. The molecule has 0 saturated carbocycles. The monoisotopic (exact) mass is 497 g/mol. The lowest BCUT2D eigenvalue weighted by molar-refractivity contribution is -0.125. The Morgan fingerprint density at radius 1 is 1.14 bits per heavy atom. The maximum Gasteiger partial charge on any atom is 0.256 e. The van der Waals surface area contributed by atoms with Crippen molar-refractivity contribution in [2.45, 2.75) is 58.2 Å². The number of anilines is 1. The van der Waals surface area contributed by atoms with Crippen molar-refractivity contribution in [3.8, 4) is 6.07 Å². The number of carbonyl (C=O) groups excluding carboxylic acids is 2. The van der Waals surface area contributed by atoms with Gasteiger partial charge < -0.3 is 16.0 Å². The van der Waals surface area contributed by atoms with Crippen molar-refractivity contribution < 1.29 is 9.59 Å². The van der Waals surface area contributed by atoms with Gasteiger partial charge in [0.25, 0.3) is 5.91 Å². The highest BCUT2D eigenvalue weighted by Gasteiger charge is 2.28. The molecule has 2 aromatic rings. The van der Waals surface area contributed by atoms with Crippen LogP contribution in [0.2, 0.25) is 0 Å². The summed E-state index contributed by atoms with van der Waals surface area (Å²) in [6, 6.07) is 17.4. The number of nitriles is 1. The van der Waals surface area contributed by atoms with Crippen molar-refractivity contribution in [3.05, 3.63) is 77.4 Å². The minimum Gasteiger partial charge on any atom is -0.350 e. The third-order valence-electron chi connectivity index (χ3n) is 7.21. The Bertz CT molecular complexity index is 1240. The first-order valence-electron chi connectivity index (χ1n) is 13.1. The number of hydrogen-bond acceptors (Lipinski definition) is 5. The van der Waals surface area contributed by atoms with E-state index in [4.69, 9.17) is 4.99 Å². The van der Waals surface area contributed by atoms with E-state index in [1.807, 2.05) is 81.5 Å². The third kappa shape index (κ3) is 5.98. The van der Waals surface area contributed by atoms with Crippen molar-refractivity contribution in [1.29, 1.82) is 5.26 Å². The maximum absolute atomic E-state index is 12.8. The van der Waals surface area contributed by atoms with Crippen molar-refractivity contribution in [3.63, 3.8) is 0 Å². The van der Waals surface area contributed by atoms with E-state index in [1.54, 1.807) is 0 Å². The van der Waals surface area contributed by atoms with Crippen molar-refractivity contribution in [2.75, 3.05) is 11.9 Å². The second-order valence-corrected chi connectivity index (χ2v) is 9.78. The molecule has 2 aromatic carbocycles. The Labute approximate surface area is 219 Å². The molecule has 0 spiro atoms. The van der Waals surface area contributed by atoms with Gasteiger partial charge in [0.05, 0.1) is 29.8 Å². The smallest absolute Gasteiger partial charge is 0.256 e. The Balaban J connectivity index is 1.48. The van der Waals surface area contributed by atoms with Gasteiger partial charge in [-0.1, -0.05) is 56.3 Å². The van der Waals surface area contributed by atoms with Crippen LogP contribution in [0.3, 0.4) is 0 Å². The van der Waals surface area contributed by atoms with Crippen LogP contribution in [0.4, 0.5) is 5.69 Å². The Hall–Kier alpha value is -3.76. The van der Waals surface area contributed by atoms with Gasteiger partial charge in [0.1, 0.15) is 0 Å². The normalized spacial score (nSPS) is 22.4. The van der Waals surface area contributed by atoms with Gasteiger partial charge in [0.2, 0.25) is 5.91 Å². The molecule has 0 radical (unpaired) electrons. The molecule has 2 amide bonds. The van der Waals surface area contributed by atoms with Gasteiger partial charge in [-0.15, -0.1) is 0 Å².